The van der Waals surface area contributed by atoms with E-state index < -0.39 is 18.4 Å². The van der Waals surface area contributed by atoms with Crippen molar-refractivity contribution in [2.45, 2.75) is 83.3 Å². The van der Waals surface area contributed by atoms with E-state index in [1.165, 1.54) is 0 Å². The van der Waals surface area contributed by atoms with E-state index in [4.69, 9.17) is 0 Å². The molecule has 0 aliphatic heterocycles. The van der Waals surface area contributed by atoms with Crippen LogP contribution in [0.15, 0.2) is 0 Å². The van der Waals surface area contributed by atoms with Crippen molar-refractivity contribution in [3.05, 3.63) is 0 Å². The zero-order chi connectivity index (χ0) is 16.6. The topological polar surface area (TPSA) is 60.7 Å². The van der Waals surface area contributed by atoms with Gasteiger partial charge in [-0.3, -0.25) is 0 Å². The van der Waals surface area contributed by atoms with Crippen LogP contribution in [0.2, 0.25) is 0 Å². The molecule has 4 fully saturated rings. The zero-order valence-corrected chi connectivity index (χ0v) is 14.3. The average Bonchev–Trinajstić information content (AvgIpc) is 2.73. The van der Waals surface area contributed by atoms with Gasteiger partial charge < -0.3 is 15.3 Å². The number of alkyl halides is 1. The summed E-state index contributed by atoms with van der Waals surface area (Å²) in [5.41, 5.74) is -0.219. The fraction of sp³-hybridized carbons (Fsp3) is 1.00. The molecule has 3 nitrogen and oxygen atoms in total. The van der Waals surface area contributed by atoms with Crippen LogP contribution in [0.3, 0.4) is 0 Å². The highest BCUT2D eigenvalue weighted by Crippen LogP contribution is 2.66. The minimum Gasteiger partial charge on any atom is -0.393 e. The van der Waals surface area contributed by atoms with E-state index >= 15 is 0 Å². The number of fused-ring (bicyclic) bond motifs is 5. The maximum atomic E-state index is 14.3. The summed E-state index contributed by atoms with van der Waals surface area (Å²) < 4.78 is 14.3. The summed E-state index contributed by atoms with van der Waals surface area (Å²) in [5, 5.41) is 31.3. The minimum absolute atomic E-state index is 0.0888. The second-order valence-electron chi connectivity index (χ2n) is 9.47. The van der Waals surface area contributed by atoms with Crippen molar-refractivity contribution in [2.75, 3.05) is 0 Å². The molecule has 0 bridgehead atoms. The van der Waals surface area contributed by atoms with Crippen molar-refractivity contribution in [1.29, 1.82) is 0 Å². The summed E-state index contributed by atoms with van der Waals surface area (Å²) >= 11 is 0. The van der Waals surface area contributed by atoms with Crippen LogP contribution >= 0.6 is 0 Å². The Hall–Kier alpha value is -0.190. The van der Waals surface area contributed by atoms with Gasteiger partial charge in [-0.1, -0.05) is 13.8 Å². The Morgan fingerprint density at radius 1 is 0.870 bits per heavy atom. The maximum absolute atomic E-state index is 14.3. The van der Waals surface area contributed by atoms with E-state index in [1.807, 2.05) is 6.92 Å². The second-order valence-corrected chi connectivity index (χ2v) is 9.47. The van der Waals surface area contributed by atoms with Crippen molar-refractivity contribution in [2.24, 2.45) is 34.5 Å². The van der Waals surface area contributed by atoms with Crippen LogP contribution in [-0.4, -0.2) is 39.8 Å². The minimum atomic E-state index is -1.14. The normalized spacial score (nSPS) is 62.3. The third-order valence-electron chi connectivity index (χ3n) is 8.59. The van der Waals surface area contributed by atoms with Crippen LogP contribution in [0.25, 0.3) is 0 Å². The number of aliphatic hydroxyl groups excluding tert-OH is 3. The molecule has 23 heavy (non-hydrogen) atoms. The number of hydrogen-bond acceptors (Lipinski definition) is 3. The lowest BCUT2D eigenvalue weighted by Crippen LogP contribution is -2.58. The van der Waals surface area contributed by atoms with Gasteiger partial charge in [0.15, 0.2) is 0 Å². The van der Waals surface area contributed by atoms with E-state index in [1.54, 1.807) is 0 Å². The van der Waals surface area contributed by atoms with Gasteiger partial charge in [-0.15, -0.1) is 0 Å². The van der Waals surface area contributed by atoms with E-state index in [-0.39, 0.29) is 28.8 Å². The summed E-state index contributed by atoms with van der Waals surface area (Å²) in [6.07, 6.45) is 2.97. The quantitative estimate of drug-likeness (QED) is 0.641. The molecule has 0 unspecified atom stereocenters. The summed E-state index contributed by atoms with van der Waals surface area (Å²) in [6.45, 7) is 4.37. The van der Waals surface area contributed by atoms with Gasteiger partial charge in [-0.05, 0) is 79.4 Å². The van der Waals surface area contributed by atoms with Crippen LogP contribution in [0.1, 0.15) is 58.8 Å². The first-order valence-electron chi connectivity index (χ1n) is 9.45. The molecule has 4 saturated carbocycles. The first kappa shape index (κ1) is 16.3. The van der Waals surface area contributed by atoms with Crippen molar-refractivity contribution in [1.82, 2.24) is 0 Å². The first-order valence-corrected chi connectivity index (χ1v) is 9.45. The highest BCUT2D eigenvalue weighted by Gasteiger charge is 2.64. The van der Waals surface area contributed by atoms with Gasteiger partial charge in [0, 0.05) is 0 Å². The average molecular weight is 326 g/mol. The molecule has 10 atom stereocenters. The lowest BCUT2D eigenvalue weighted by atomic mass is 9.44. The Labute approximate surface area is 138 Å². The maximum Gasteiger partial charge on any atom is 0.127 e. The summed E-state index contributed by atoms with van der Waals surface area (Å²) in [7, 11) is 0. The zero-order valence-electron chi connectivity index (χ0n) is 14.3. The summed E-state index contributed by atoms with van der Waals surface area (Å²) in [6, 6.07) is 0. The molecule has 4 aliphatic rings. The van der Waals surface area contributed by atoms with E-state index in [9.17, 15) is 19.7 Å². The van der Waals surface area contributed by atoms with Crippen LogP contribution in [0, 0.1) is 34.5 Å². The predicted octanol–water partition coefficient (Wildman–Crippen LogP) is 2.67. The molecule has 0 heterocycles. The molecular formula is C19H31FO3. The third-order valence-corrected chi connectivity index (χ3v) is 8.59. The Kier molecular flexibility index (Phi) is 3.65. The molecule has 132 valence electrons. The molecule has 0 aromatic heterocycles. The van der Waals surface area contributed by atoms with Gasteiger partial charge in [-0.2, -0.15) is 0 Å². The van der Waals surface area contributed by atoms with Gasteiger partial charge in [0.1, 0.15) is 6.17 Å². The summed E-state index contributed by atoms with van der Waals surface area (Å²) in [5.74, 6) is 0.977. The molecule has 0 saturated heterocycles. The SMILES string of the molecule is C[C@]12CC[C@H](O)C[C@@H]1C[C@H](O)[C@@H]1[C@@H]2CC[C@]2(C)[C@@H](O)[C@H](F)C[C@@H]12. The van der Waals surface area contributed by atoms with Crippen molar-refractivity contribution < 1.29 is 19.7 Å². The van der Waals surface area contributed by atoms with Gasteiger partial charge >= 0.3 is 0 Å². The molecular weight excluding hydrogens is 295 g/mol. The summed E-state index contributed by atoms with van der Waals surface area (Å²) in [4.78, 5) is 0. The molecule has 0 aromatic carbocycles. The largest absolute Gasteiger partial charge is 0.393 e. The molecule has 0 aromatic rings. The monoisotopic (exact) mass is 326 g/mol. The van der Waals surface area contributed by atoms with E-state index in [0.29, 0.717) is 18.3 Å². The lowest BCUT2D eigenvalue weighted by molar-refractivity contribution is -0.177. The Balaban J connectivity index is 1.68. The van der Waals surface area contributed by atoms with Crippen LogP contribution < -0.4 is 0 Å². The third kappa shape index (κ3) is 2.10. The Bertz CT molecular complexity index is 485. The van der Waals surface area contributed by atoms with Gasteiger partial charge in [-0.25, -0.2) is 4.39 Å². The second kappa shape index (κ2) is 5.15. The number of aliphatic hydroxyl groups is 3. The van der Waals surface area contributed by atoms with E-state index in [0.717, 1.165) is 38.5 Å². The number of rotatable bonds is 0. The molecule has 4 rings (SSSR count). The van der Waals surface area contributed by atoms with Crippen LogP contribution in [0.5, 0.6) is 0 Å². The molecule has 3 N–H and O–H groups in total. The Morgan fingerprint density at radius 2 is 1.57 bits per heavy atom. The molecule has 4 aliphatic carbocycles. The van der Waals surface area contributed by atoms with Gasteiger partial charge in [0.05, 0.1) is 18.3 Å². The highest BCUT2D eigenvalue weighted by atomic mass is 19.1. The predicted molar refractivity (Wildman–Crippen MR) is 85.4 cm³/mol. The Morgan fingerprint density at radius 3 is 2.30 bits per heavy atom. The van der Waals surface area contributed by atoms with E-state index in [2.05, 4.69) is 6.92 Å². The fourth-order valence-corrected chi connectivity index (χ4v) is 7.15. The van der Waals surface area contributed by atoms with Crippen LogP contribution in [-0.2, 0) is 0 Å². The smallest absolute Gasteiger partial charge is 0.127 e. The lowest BCUT2D eigenvalue weighted by Gasteiger charge is -2.61. The molecule has 0 spiro atoms. The fourth-order valence-electron chi connectivity index (χ4n) is 7.15. The number of hydrogen-bond donors (Lipinski definition) is 3. The molecule has 4 heteroatoms. The van der Waals surface area contributed by atoms with Crippen molar-refractivity contribution in [3.63, 3.8) is 0 Å². The van der Waals surface area contributed by atoms with Gasteiger partial charge in [0.25, 0.3) is 0 Å². The van der Waals surface area contributed by atoms with Crippen molar-refractivity contribution >= 4 is 0 Å². The van der Waals surface area contributed by atoms with Crippen LogP contribution in [0.4, 0.5) is 4.39 Å². The standard InChI is InChI=1S/C19H31FO3/c1-18-5-3-11(21)7-10(18)8-15(22)16-12(18)4-6-19(2)13(16)9-14(20)17(19)23/h10-17,21-23H,3-9H2,1-2H3/t10-,11+,12+,13+,14-,15+,16-,17+,18+,19+/m1/s1. The number of halogens is 1. The molecule has 0 radical (unpaired) electrons. The van der Waals surface area contributed by atoms with Crippen molar-refractivity contribution in [3.8, 4) is 0 Å². The first-order chi connectivity index (χ1) is 10.8. The highest BCUT2D eigenvalue weighted by molar-refractivity contribution is 5.13. The molecule has 0 amide bonds. The van der Waals surface area contributed by atoms with Gasteiger partial charge in [0.2, 0.25) is 0 Å².